The number of rotatable bonds is 5. The third kappa shape index (κ3) is 7.75. The van der Waals surface area contributed by atoms with Gasteiger partial charge in [-0.3, -0.25) is 9.59 Å². The Morgan fingerprint density at radius 2 is 1.46 bits per heavy atom. The number of carbonyl (C=O) groups is 3. The summed E-state index contributed by atoms with van der Waals surface area (Å²) >= 11 is 0. The summed E-state index contributed by atoms with van der Waals surface area (Å²) in [7, 11) is 0. The molecule has 0 spiro atoms. The van der Waals surface area contributed by atoms with Crippen LogP contribution in [0.5, 0.6) is 0 Å². The fourth-order valence-electron chi connectivity index (χ4n) is 4.16. The van der Waals surface area contributed by atoms with E-state index in [9.17, 15) is 40.7 Å². The van der Waals surface area contributed by atoms with Crippen LogP contribution in [0.15, 0.2) is 18.2 Å². The molecule has 1 aromatic rings. The first-order valence-corrected chi connectivity index (χ1v) is 11.8. The number of alkyl halides is 6. The number of anilines is 1. The van der Waals surface area contributed by atoms with Crippen LogP contribution in [0.2, 0.25) is 0 Å². The molecule has 1 aromatic carbocycles. The summed E-state index contributed by atoms with van der Waals surface area (Å²) in [5.41, 5.74) is -5.35. The highest BCUT2D eigenvalue weighted by atomic mass is 19.4. The maximum absolute atomic E-state index is 13.0. The number of nitrogens with zero attached hydrogens (tertiary/aromatic N) is 1. The van der Waals surface area contributed by atoms with Gasteiger partial charge in [0.15, 0.2) is 0 Å². The van der Waals surface area contributed by atoms with Gasteiger partial charge in [0.2, 0.25) is 11.8 Å². The van der Waals surface area contributed by atoms with E-state index in [1.54, 1.807) is 25.7 Å². The minimum Gasteiger partial charge on any atom is -0.444 e. The number of likely N-dealkylation sites (tertiary alicyclic amines) is 1. The van der Waals surface area contributed by atoms with Gasteiger partial charge in [0.1, 0.15) is 11.1 Å². The molecular formula is C24H29F6N3O4. The quantitative estimate of drug-likeness (QED) is 0.496. The predicted octanol–water partition coefficient (Wildman–Crippen LogP) is 5.35. The molecule has 37 heavy (non-hydrogen) atoms. The number of halogens is 6. The zero-order valence-corrected chi connectivity index (χ0v) is 20.6. The Morgan fingerprint density at radius 1 is 0.946 bits per heavy atom. The Hall–Kier alpha value is -2.99. The van der Waals surface area contributed by atoms with Crippen LogP contribution in [0.25, 0.3) is 0 Å². The average Bonchev–Trinajstić information content (AvgIpc) is 3.51. The van der Waals surface area contributed by atoms with Crippen molar-refractivity contribution < 1.29 is 45.5 Å². The molecule has 1 aliphatic heterocycles. The standard InChI is InChI=1S/C24H29F6N3O4/c1-21(2,3)37-20(36)32-22(6-7-22)19(35)33-8-4-14(5-9-33)10-18(34)31-17-12-15(23(25,26)27)11-16(13-17)24(28,29)30/h11-14H,4-10H2,1-3H3,(H,31,34)(H,32,36). The summed E-state index contributed by atoms with van der Waals surface area (Å²) in [6.45, 7) is 5.72. The molecule has 3 rings (SSSR count). The van der Waals surface area contributed by atoms with Crippen molar-refractivity contribution in [3.63, 3.8) is 0 Å². The van der Waals surface area contributed by atoms with E-state index in [1.165, 1.54) is 0 Å². The summed E-state index contributed by atoms with van der Waals surface area (Å²) in [4.78, 5) is 39.1. The fourth-order valence-corrected chi connectivity index (χ4v) is 4.16. The van der Waals surface area contributed by atoms with E-state index in [-0.39, 0.29) is 24.3 Å². The number of benzene rings is 1. The van der Waals surface area contributed by atoms with Crippen LogP contribution < -0.4 is 10.6 Å². The molecule has 3 amide bonds. The van der Waals surface area contributed by atoms with E-state index in [4.69, 9.17) is 4.74 Å². The molecule has 206 valence electrons. The van der Waals surface area contributed by atoms with Crippen molar-refractivity contribution in [1.82, 2.24) is 10.2 Å². The lowest BCUT2D eigenvalue weighted by molar-refractivity contribution is -0.143. The zero-order valence-electron chi connectivity index (χ0n) is 20.6. The van der Waals surface area contributed by atoms with Crippen molar-refractivity contribution in [2.75, 3.05) is 18.4 Å². The molecule has 0 aromatic heterocycles. The molecule has 1 heterocycles. The van der Waals surface area contributed by atoms with E-state index in [1.807, 2.05) is 0 Å². The van der Waals surface area contributed by atoms with Crippen LogP contribution >= 0.6 is 0 Å². The predicted molar refractivity (Wildman–Crippen MR) is 120 cm³/mol. The van der Waals surface area contributed by atoms with E-state index in [0.717, 1.165) is 0 Å². The van der Waals surface area contributed by atoms with Crippen molar-refractivity contribution in [3.8, 4) is 0 Å². The number of carbonyl (C=O) groups excluding carboxylic acids is 3. The van der Waals surface area contributed by atoms with Gasteiger partial charge in [-0.25, -0.2) is 4.79 Å². The topological polar surface area (TPSA) is 87.7 Å². The van der Waals surface area contributed by atoms with E-state index >= 15 is 0 Å². The number of ether oxygens (including phenoxy) is 1. The first kappa shape index (κ1) is 28.6. The number of piperidine rings is 1. The lowest BCUT2D eigenvalue weighted by Gasteiger charge is -2.34. The summed E-state index contributed by atoms with van der Waals surface area (Å²) in [5, 5.41) is 4.79. The molecule has 1 saturated carbocycles. The summed E-state index contributed by atoms with van der Waals surface area (Å²) in [6.07, 6.45) is -9.06. The number of hydrogen-bond acceptors (Lipinski definition) is 4. The van der Waals surface area contributed by atoms with Gasteiger partial charge in [0, 0.05) is 25.2 Å². The van der Waals surface area contributed by atoms with Crippen LogP contribution in [0.1, 0.15) is 64.0 Å². The van der Waals surface area contributed by atoms with E-state index in [2.05, 4.69) is 10.6 Å². The highest BCUT2D eigenvalue weighted by Gasteiger charge is 2.54. The van der Waals surface area contributed by atoms with Gasteiger partial charge < -0.3 is 20.3 Å². The molecule has 1 aliphatic carbocycles. The highest BCUT2D eigenvalue weighted by Crippen LogP contribution is 2.39. The molecule has 1 saturated heterocycles. The van der Waals surface area contributed by atoms with E-state index in [0.29, 0.717) is 50.9 Å². The number of hydrogen-bond donors (Lipinski definition) is 2. The van der Waals surface area contributed by atoms with Crippen molar-refractivity contribution in [1.29, 1.82) is 0 Å². The van der Waals surface area contributed by atoms with Gasteiger partial charge in [-0.15, -0.1) is 0 Å². The third-order valence-electron chi connectivity index (χ3n) is 6.15. The second-order valence-corrected chi connectivity index (χ2v) is 10.5. The molecule has 2 N–H and O–H groups in total. The van der Waals surface area contributed by atoms with Crippen LogP contribution in [-0.2, 0) is 26.7 Å². The van der Waals surface area contributed by atoms with Crippen LogP contribution in [0.3, 0.4) is 0 Å². The van der Waals surface area contributed by atoms with Crippen molar-refractivity contribution in [2.45, 2.75) is 76.4 Å². The minimum atomic E-state index is -5.02. The smallest absolute Gasteiger partial charge is 0.416 e. The van der Waals surface area contributed by atoms with Gasteiger partial charge in [-0.1, -0.05) is 0 Å². The van der Waals surface area contributed by atoms with Crippen molar-refractivity contribution in [3.05, 3.63) is 29.3 Å². The molecule has 0 bridgehead atoms. The first-order chi connectivity index (χ1) is 16.9. The average molecular weight is 538 g/mol. The second kappa shape index (κ2) is 10.1. The van der Waals surface area contributed by atoms with Gasteiger partial charge in [0.25, 0.3) is 0 Å². The first-order valence-electron chi connectivity index (χ1n) is 11.8. The van der Waals surface area contributed by atoms with Gasteiger partial charge in [-0.2, -0.15) is 26.3 Å². The van der Waals surface area contributed by atoms with Gasteiger partial charge in [-0.05, 0) is 70.6 Å². The Bertz CT molecular complexity index is 1000. The van der Waals surface area contributed by atoms with Gasteiger partial charge in [0.05, 0.1) is 11.1 Å². The number of nitrogens with one attached hydrogen (secondary N) is 2. The Balaban J connectivity index is 1.55. The Kier molecular flexibility index (Phi) is 7.76. The summed E-state index contributed by atoms with van der Waals surface area (Å²) < 4.78 is 83.4. The molecule has 0 atom stereocenters. The summed E-state index contributed by atoms with van der Waals surface area (Å²) in [6, 6.07) is 0.912. The largest absolute Gasteiger partial charge is 0.444 e. The van der Waals surface area contributed by atoms with Crippen LogP contribution in [-0.4, -0.2) is 47.0 Å². The lowest BCUT2D eigenvalue weighted by Crippen LogP contribution is -2.53. The number of amides is 3. The van der Waals surface area contributed by atoms with E-state index < -0.39 is 52.3 Å². The Morgan fingerprint density at radius 3 is 1.89 bits per heavy atom. The van der Waals surface area contributed by atoms with Crippen molar-refractivity contribution in [2.24, 2.45) is 5.92 Å². The maximum Gasteiger partial charge on any atom is 0.416 e. The fraction of sp³-hybridized carbons (Fsp3) is 0.625. The third-order valence-corrected chi connectivity index (χ3v) is 6.15. The number of alkyl carbamates (subject to hydrolysis) is 1. The molecular weight excluding hydrogens is 508 g/mol. The second-order valence-electron chi connectivity index (χ2n) is 10.5. The normalized spacial score (nSPS) is 18.2. The molecule has 0 radical (unpaired) electrons. The molecule has 7 nitrogen and oxygen atoms in total. The SMILES string of the molecule is CC(C)(C)OC(=O)NC1(C(=O)N2CCC(CC(=O)Nc3cc(C(F)(F)F)cc(C(F)(F)F)c3)CC2)CC1. The summed E-state index contributed by atoms with van der Waals surface area (Å²) in [5.74, 6) is -1.18. The maximum atomic E-state index is 13.0. The Labute approximate surface area is 209 Å². The highest BCUT2D eigenvalue weighted by molar-refractivity contribution is 5.93. The van der Waals surface area contributed by atoms with Crippen LogP contribution in [0, 0.1) is 5.92 Å². The monoisotopic (exact) mass is 537 g/mol. The van der Waals surface area contributed by atoms with Crippen molar-refractivity contribution >= 4 is 23.6 Å². The molecule has 2 aliphatic rings. The molecule has 0 unspecified atom stereocenters. The van der Waals surface area contributed by atoms with Crippen LogP contribution in [0.4, 0.5) is 36.8 Å². The van der Waals surface area contributed by atoms with Gasteiger partial charge >= 0.3 is 18.4 Å². The lowest BCUT2D eigenvalue weighted by atomic mass is 9.92. The molecule has 2 fully saturated rings. The zero-order chi connectivity index (χ0) is 27.8. The minimum absolute atomic E-state index is 0.00724. The molecule has 13 heteroatoms.